The van der Waals surface area contributed by atoms with Gasteiger partial charge in [0, 0.05) is 23.9 Å². The minimum Gasteiger partial charge on any atom is -0.480 e. The number of carbonyl (C=O) groups excluding carboxylic acids is 1. The molecule has 6 nitrogen and oxygen atoms in total. The van der Waals surface area contributed by atoms with Crippen LogP contribution in [0.1, 0.15) is 28.5 Å². The summed E-state index contributed by atoms with van der Waals surface area (Å²) in [6.45, 7) is 1.95. The van der Waals surface area contributed by atoms with Crippen molar-refractivity contribution in [2.24, 2.45) is 0 Å². The smallest absolute Gasteiger partial charge is 0.326 e. The van der Waals surface area contributed by atoms with Gasteiger partial charge in [-0.2, -0.15) is 0 Å². The zero-order valence-corrected chi connectivity index (χ0v) is 11.7. The molecule has 0 aliphatic rings. The molecule has 1 heterocycles. The lowest BCUT2D eigenvalue weighted by atomic mass is 10.0. The number of aromatic nitrogens is 2. The van der Waals surface area contributed by atoms with Crippen molar-refractivity contribution in [3.05, 3.63) is 53.6 Å². The molecule has 3 N–H and O–H groups in total. The van der Waals surface area contributed by atoms with Crippen LogP contribution in [0.2, 0.25) is 0 Å². The number of carbonyl (C=O) groups is 2. The van der Waals surface area contributed by atoms with E-state index in [9.17, 15) is 14.7 Å². The van der Waals surface area contributed by atoms with Gasteiger partial charge in [0.25, 0.3) is 5.91 Å². The van der Waals surface area contributed by atoms with Gasteiger partial charge < -0.3 is 15.4 Å². The molecule has 0 bridgehead atoms. The number of nitrogens with zero attached hydrogens (tertiary/aromatic N) is 1. The Morgan fingerprint density at radius 2 is 2.14 bits per heavy atom. The van der Waals surface area contributed by atoms with Gasteiger partial charge in [0.05, 0.1) is 6.33 Å². The van der Waals surface area contributed by atoms with Crippen LogP contribution in [0.15, 0.2) is 36.8 Å². The summed E-state index contributed by atoms with van der Waals surface area (Å²) in [6, 6.07) is 6.18. The average molecular weight is 287 g/mol. The van der Waals surface area contributed by atoms with E-state index in [4.69, 9.17) is 0 Å². The van der Waals surface area contributed by atoms with E-state index in [-0.39, 0.29) is 12.3 Å². The van der Waals surface area contributed by atoms with Crippen molar-refractivity contribution in [1.29, 1.82) is 0 Å². The molecule has 2 aromatic rings. The van der Waals surface area contributed by atoms with Crippen molar-refractivity contribution in [3.63, 3.8) is 0 Å². The second kappa shape index (κ2) is 6.69. The highest BCUT2D eigenvalue weighted by Gasteiger charge is 2.22. The van der Waals surface area contributed by atoms with Crippen molar-refractivity contribution in [2.45, 2.75) is 25.8 Å². The van der Waals surface area contributed by atoms with Gasteiger partial charge in [-0.05, 0) is 18.1 Å². The van der Waals surface area contributed by atoms with Crippen LogP contribution in [-0.4, -0.2) is 33.0 Å². The highest BCUT2D eigenvalue weighted by Crippen LogP contribution is 2.10. The number of hydrogen-bond acceptors (Lipinski definition) is 3. The number of aromatic amines is 1. The van der Waals surface area contributed by atoms with Crippen LogP contribution < -0.4 is 5.32 Å². The topological polar surface area (TPSA) is 95.1 Å². The molecule has 0 spiro atoms. The van der Waals surface area contributed by atoms with Gasteiger partial charge in [0.1, 0.15) is 6.04 Å². The highest BCUT2D eigenvalue weighted by atomic mass is 16.4. The lowest BCUT2D eigenvalue weighted by molar-refractivity contribution is -0.139. The molecule has 2 rings (SSSR count). The van der Waals surface area contributed by atoms with Gasteiger partial charge in [-0.3, -0.25) is 4.79 Å². The van der Waals surface area contributed by atoms with Gasteiger partial charge >= 0.3 is 5.97 Å². The van der Waals surface area contributed by atoms with Crippen molar-refractivity contribution >= 4 is 11.9 Å². The van der Waals surface area contributed by atoms with Crippen LogP contribution in [-0.2, 0) is 17.6 Å². The zero-order chi connectivity index (χ0) is 15.2. The second-order valence-electron chi connectivity index (χ2n) is 4.66. The van der Waals surface area contributed by atoms with E-state index in [0.29, 0.717) is 17.7 Å². The molecule has 0 fully saturated rings. The van der Waals surface area contributed by atoms with E-state index in [2.05, 4.69) is 15.3 Å². The molecule has 0 unspecified atom stereocenters. The molecule has 6 heteroatoms. The fourth-order valence-electron chi connectivity index (χ4n) is 2.10. The Morgan fingerprint density at radius 1 is 1.38 bits per heavy atom. The molecule has 0 saturated carbocycles. The molecule has 0 aliphatic carbocycles. The van der Waals surface area contributed by atoms with E-state index in [1.165, 1.54) is 6.33 Å². The number of aliphatic carboxylic acids is 1. The lowest BCUT2D eigenvalue weighted by Crippen LogP contribution is -2.42. The normalized spacial score (nSPS) is 11.9. The van der Waals surface area contributed by atoms with Gasteiger partial charge in [0.2, 0.25) is 0 Å². The molecule has 0 radical (unpaired) electrons. The van der Waals surface area contributed by atoms with Crippen molar-refractivity contribution in [2.75, 3.05) is 0 Å². The van der Waals surface area contributed by atoms with E-state index in [1.807, 2.05) is 19.1 Å². The van der Waals surface area contributed by atoms with E-state index in [0.717, 1.165) is 5.56 Å². The number of hydrogen-bond donors (Lipinski definition) is 3. The molecule has 1 aromatic heterocycles. The summed E-state index contributed by atoms with van der Waals surface area (Å²) in [6.07, 6.45) is 3.89. The summed E-state index contributed by atoms with van der Waals surface area (Å²) in [5.74, 6) is -1.45. The Labute approximate surface area is 122 Å². The Kier molecular flexibility index (Phi) is 4.71. The predicted molar refractivity (Wildman–Crippen MR) is 77.0 cm³/mol. The first-order chi connectivity index (χ1) is 10.1. The fraction of sp³-hybridized carbons (Fsp3) is 0.267. The number of nitrogens with one attached hydrogen (secondary N) is 2. The van der Waals surface area contributed by atoms with E-state index in [1.54, 1.807) is 18.3 Å². The van der Waals surface area contributed by atoms with Gasteiger partial charge in [-0.1, -0.05) is 25.1 Å². The summed E-state index contributed by atoms with van der Waals surface area (Å²) >= 11 is 0. The number of benzene rings is 1. The maximum absolute atomic E-state index is 12.3. The van der Waals surface area contributed by atoms with Crippen molar-refractivity contribution in [1.82, 2.24) is 15.3 Å². The molecule has 0 saturated heterocycles. The molecular formula is C15H17N3O3. The van der Waals surface area contributed by atoms with Crippen LogP contribution in [0.3, 0.4) is 0 Å². The third-order valence-corrected chi connectivity index (χ3v) is 3.23. The Morgan fingerprint density at radius 3 is 2.76 bits per heavy atom. The molecule has 1 aromatic carbocycles. The van der Waals surface area contributed by atoms with Crippen molar-refractivity contribution in [3.8, 4) is 0 Å². The molecule has 110 valence electrons. The van der Waals surface area contributed by atoms with Crippen LogP contribution >= 0.6 is 0 Å². The SMILES string of the molecule is CCc1ccccc1C(=O)N[C@H](Cc1cnc[nH]1)C(=O)O. The monoisotopic (exact) mass is 287 g/mol. The maximum atomic E-state index is 12.3. The number of rotatable bonds is 6. The fourth-order valence-corrected chi connectivity index (χ4v) is 2.10. The first-order valence-corrected chi connectivity index (χ1v) is 6.70. The number of H-pyrrole nitrogens is 1. The number of aryl methyl sites for hydroxylation is 1. The quantitative estimate of drug-likeness (QED) is 0.748. The van der Waals surface area contributed by atoms with Crippen LogP contribution in [0.4, 0.5) is 0 Å². The standard InChI is InChI=1S/C15H17N3O3/c1-2-10-5-3-4-6-12(10)14(19)18-13(15(20)21)7-11-8-16-9-17-11/h3-6,8-9,13H,2,7H2,1H3,(H,16,17)(H,18,19)(H,20,21)/t13-/m1/s1. The number of carboxylic acids is 1. The van der Waals surface area contributed by atoms with E-state index < -0.39 is 12.0 Å². The molecule has 0 aliphatic heterocycles. The minimum atomic E-state index is -1.08. The number of carboxylic acid groups (broad SMARTS) is 1. The largest absolute Gasteiger partial charge is 0.480 e. The van der Waals surface area contributed by atoms with Crippen LogP contribution in [0.25, 0.3) is 0 Å². The Balaban J connectivity index is 2.13. The van der Waals surface area contributed by atoms with Crippen LogP contribution in [0.5, 0.6) is 0 Å². The lowest BCUT2D eigenvalue weighted by Gasteiger charge is -2.15. The number of amides is 1. The zero-order valence-electron chi connectivity index (χ0n) is 11.7. The van der Waals surface area contributed by atoms with Gasteiger partial charge in [-0.25, -0.2) is 9.78 Å². The number of imidazole rings is 1. The minimum absolute atomic E-state index is 0.162. The predicted octanol–water partition coefficient (Wildman–Crippen LogP) is 1.40. The van der Waals surface area contributed by atoms with Gasteiger partial charge in [-0.15, -0.1) is 0 Å². The average Bonchev–Trinajstić information content (AvgIpc) is 2.99. The first kappa shape index (κ1) is 14.8. The summed E-state index contributed by atoms with van der Waals surface area (Å²) in [7, 11) is 0. The van der Waals surface area contributed by atoms with E-state index >= 15 is 0 Å². The Hall–Kier alpha value is -2.63. The summed E-state index contributed by atoms with van der Waals surface area (Å²) < 4.78 is 0. The molecular weight excluding hydrogens is 270 g/mol. The van der Waals surface area contributed by atoms with Crippen LogP contribution in [0, 0.1) is 0 Å². The van der Waals surface area contributed by atoms with Gasteiger partial charge in [0.15, 0.2) is 0 Å². The second-order valence-corrected chi connectivity index (χ2v) is 4.66. The Bertz CT molecular complexity index is 623. The molecule has 1 amide bonds. The third-order valence-electron chi connectivity index (χ3n) is 3.23. The summed E-state index contributed by atoms with van der Waals surface area (Å²) in [4.78, 5) is 30.2. The highest BCUT2D eigenvalue weighted by molar-refractivity contribution is 5.97. The summed E-state index contributed by atoms with van der Waals surface area (Å²) in [5.41, 5.74) is 2.06. The molecule has 21 heavy (non-hydrogen) atoms. The molecule has 1 atom stereocenters. The third kappa shape index (κ3) is 3.68. The maximum Gasteiger partial charge on any atom is 0.326 e. The first-order valence-electron chi connectivity index (χ1n) is 6.70. The van der Waals surface area contributed by atoms with Crippen molar-refractivity contribution < 1.29 is 14.7 Å². The summed E-state index contributed by atoms with van der Waals surface area (Å²) in [5, 5.41) is 11.8.